The molecule has 0 bridgehead atoms. The Morgan fingerprint density at radius 1 is 1.57 bits per heavy atom. The average Bonchev–Trinajstić information content (AvgIpc) is 2.17. The Labute approximate surface area is 85.1 Å². The first-order valence-corrected chi connectivity index (χ1v) is 5.26. The maximum Gasteiger partial charge on any atom is 0.323 e. The molecule has 1 aliphatic rings. The number of rotatable bonds is 3. The van der Waals surface area contributed by atoms with E-state index >= 15 is 0 Å². The lowest BCUT2D eigenvalue weighted by molar-refractivity contribution is -0.145. The Morgan fingerprint density at radius 2 is 2.07 bits per heavy atom. The summed E-state index contributed by atoms with van der Waals surface area (Å²) in [5, 5.41) is 8.94. The van der Waals surface area contributed by atoms with E-state index in [1.165, 1.54) is 0 Å². The minimum atomic E-state index is -0.982. The molecule has 4 nitrogen and oxygen atoms in total. The third-order valence-electron chi connectivity index (χ3n) is 3.33. The van der Waals surface area contributed by atoms with Gasteiger partial charge in [0.05, 0.1) is 0 Å². The molecule has 14 heavy (non-hydrogen) atoms. The zero-order valence-electron chi connectivity index (χ0n) is 8.99. The van der Waals surface area contributed by atoms with E-state index in [2.05, 4.69) is 18.7 Å². The van der Waals surface area contributed by atoms with Gasteiger partial charge in [-0.2, -0.15) is 0 Å². The fourth-order valence-electron chi connectivity index (χ4n) is 1.84. The fourth-order valence-corrected chi connectivity index (χ4v) is 1.84. The predicted molar refractivity (Wildman–Crippen MR) is 55.1 cm³/mol. The van der Waals surface area contributed by atoms with Crippen molar-refractivity contribution in [2.75, 3.05) is 13.1 Å². The molecule has 82 valence electrons. The van der Waals surface area contributed by atoms with Crippen molar-refractivity contribution in [3.63, 3.8) is 0 Å². The van der Waals surface area contributed by atoms with Gasteiger partial charge in [-0.1, -0.05) is 6.92 Å². The molecule has 0 aromatic heterocycles. The maximum absolute atomic E-state index is 10.9. The van der Waals surface area contributed by atoms with Gasteiger partial charge in [0.2, 0.25) is 0 Å². The van der Waals surface area contributed by atoms with Gasteiger partial charge >= 0.3 is 5.97 Å². The Kier molecular flexibility index (Phi) is 3.50. The van der Waals surface area contributed by atoms with Gasteiger partial charge in [-0.05, 0) is 26.2 Å². The standard InChI is InChI=1S/C10H20N2O2/c1-3-8(2)12-6-4-10(11,5-7-12)9(13)14/h8H,3-7,11H2,1-2H3,(H,13,14)/t8-/m0/s1. The van der Waals surface area contributed by atoms with Crippen LogP contribution in [0.25, 0.3) is 0 Å². The van der Waals surface area contributed by atoms with E-state index in [0.29, 0.717) is 18.9 Å². The number of aliphatic carboxylic acids is 1. The van der Waals surface area contributed by atoms with Crippen LogP contribution in [0, 0.1) is 0 Å². The molecule has 0 aliphatic carbocycles. The highest BCUT2D eigenvalue weighted by atomic mass is 16.4. The number of likely N-dealkylation sites (tertiary alicyclic amines) is 1. The van der Waals surface area contributed by atoms with Crippen molar-refractivity contribution in [1.29, 1.82) is 0 Å². The Hall–Kier alpha value is -0.610. The quantitative estimate of drug-likeness (QED) is 0.702. The van der Waals surface area contributed by atoms with E-state index in [1.54, 1.807) is 0 Å². The van der Waals surface area contributed by atoms with Crippen LogP contribution in [0.1, 0.15) is 33.1 Å². The SMILES string of the molecule is CC[C@H](C)N1CCC(N)(C(=O)O)CC1. The van der Waals surface area contributed by atoms with Crippen molar-refractivity contribution in [1.82, 2.24) is 4.90 Å². The lowest BCUT2D eigenvalue weighted by Gasteiger charge is -2.39. The van der Waals surface area contributed by atoms with E-state index in [-0.39, 0.29) is 0 Å². The molecule has 0 unspecified atom stereocenters. The van der Waals surface area contributed by atoms with Gasteiger partial charge in [0, 0.05) is 19.1 Å². The zero-order chi connectivity index (χ0) is 10.8. The second-order valence-corrected chi connectivity index (χ2v) is 4.25. The first-order valence-electron chi connectivity index (χ1n) is 5.26. The van der Waals surface area contributed by atoms with Gasteiger partial charge < -0.3 is 15.7 Å². The summed E-state index contributed by atoms with van der Waals surface area (Å²) in [7, 11) is 0. The van der Waals surface area contributed by atoms with Gasteiger partial charge in [0.25, 0.3) is 0 Å². The minimum absolute atomic E-state index is 0.536. The molecule has 1 fully saturated rings. The Balaban J connectivity index is 2.49. The first kappa shape index (κ1) is 11.5. The van der Waals surface area contributed by atoms with Gasteiger partial charge in [0.15, 0.2) is 0 Å². The number of nitrogens with zero attached hydrogens (tertiary/aromatic N) is 1. The van der Waals surface area contributed by atoms with Crippen molar-refractivity contribution in [3.8, 4) is 0 Å². The van der Waals surface area contributed by atoms with Crippen molar-refractivity contribution < 1.29 is 9.90 Å². The molecule has 1 heterocycles. The van der Waals surface area contributed by atoms with Crippen LogP contribution in [0.2, 0.25) is 0 Å². The fraction of sp³-hybridized carbons (Fsp3) is 0.900. The lowest BCUT2D eigenvalue weighted by atomic mass is 9.88. The normalized spacial score (nSPS) is 24.5. The number of hydrogen-bond donors (Lipinski definition) is 2. The Morgan fingerprint density at radius 3 is 2.43 bits per heavy atom. The summed E-state index contributed by atoms with van der Waals surface area (Å²) < 4.78 is 0. The van der Waals surface area contributed by atoms with Crippen LogP contribution < -0.4 is 5.73 Å². The molecule has 3 N–H and O–H groups in total. The molecule has 1 aliphatic heterocycles. The van der Waals surface area contributed by atoms with E-state index in [4.69, 9.17) is 10.8 Å². The minimum Gasteiger partial charge on any atom is -0.480 e. The summed E-state index contributed by atoms with van der Waals surface area (Å²) in [4.78, 5) is 13.2. The molecule has 0 aromatic rings. The molecular weight excluding hydrogens is 180 g/mol. The molecule has 1 atom stereocenters. The maximum atomic E-state index is 10.9. The van der Waals surface area contributed by atoms with Crippen LogP contribution in [0.3, 0.4) is 0 Å². The van der Waals surface area contributed by atoms with Crippen LogP contribution in [-0.2, 0) is 4.79 Å². The summed E-state index contributed by atoms with van der Waals surface area (Å²) >= 11 is 0. The number of nitrogens with two attached hydrogens (primary N) is 1. The molecule has 1 rings (SSSR count). The largest absolute Gasteiger partial charge is 0.480 e. The first-order chi connectivity index (χ1) is 6.49. The topological polar surface area (TPSA) is 66.6 Å². The van der Waals surface area contributed by atoms with Crippen molar-refractivity contribution in [2.24, 2.45) is 5.73 Å². The summed E-state index contributed by atoms with van der Waals surface area (Å²) in [6.45, 7) is 5.92. The van der Waals surface area contributed by atoms with Crippen LogP contribution in [0.15, 0.2) is 0 Å². The number of hydrogen-bond acceptors (Lipinski definition) is 3. The van der Waals surface area contributed by atoms with E-state index in [9.17, 15) is 4.79 Å². The average molecular weight is 200 g/mol. The van der Waals surface area contributed by atoms with E-state index in [1.807, 2.05) is 0 Å². The van der Waals surface area contributed by atoms with Crippen LogP contribution in [-0.4, -0.2) is 40.6 Å². The van der Waals surface area contributed by atoms with Gasteiger partial charge in [-0.3, -0.25) is 4.79 Å². The molecule has 0 amide bonds. The second kappa shape index (κ2) is 4.28. The molecule has 4 heteroatoms. The molecule has 0 spiro atoms. The highest BCUT2D eigenvalue weighted by Crippen LogP contribution is 2.21. The summed E-state index contributed by atoms with van der Waals surface area (Å²) in [5.74, 6) is -0.860. The predicted octanol–water partition coefficient (Wildman–Crippen LogP) is 0.663. The molecule has 1 saturated heterocycles. The van der Waals surface area contributed by atoms with Crippen molar-refractivity contribution in [3.05, 3.63) is 0 Å². The molecule has 0 radical (unpaired) electrons. The molecular formula is C10H20N2O2. The van der Waals surface area contributed by atoms with Crippen LogP contribution in [0.4, 0.5) is 0 Å². The van der Waals surface area contributed by atoms with Crippen molar-refractivity contribution in [2.45, 2.75) is 44.7 Å². The summed E-state index contributed by atoms with van der Waals surface area (Å²) in [5.41, 5.74) is 4.80. The monoisotopic (exact) mass is 200 g/mol. The third kappa shape index (κ3) is 2.25. The second-order valence-electron chi connectivity index (χ2n) is 4.25. The van der Waals surface area contributed by atoms with Crippen molar-refractivity contribution >= 4 is 5.97 Å². The molecule has 0 saturated carbocycles. The molecule has 0 aromatic carbocycles. The lowest BCUT2D eigenvalue weighted by Crippen LogP contribution is -2.56. The smallest absolute Gasteiger partial charge is 0.323 e. The third-order valence-corrected chi connectivity index (χ3v) is 3.33. The number of carbonyl (C=O) groups is 1. The van der Waals surface area contributed by atoms with Gasteiger partial charge in [0.1, 0.15) is 5.54 Å². The van der Waals surface area contributed by atoms with Gasteiger partial charge in [-0.25, -0.2) is 0 Å². The summed E-state index contributed by atoms with van der Waals surface area (Å²) in [6.07, 6.45) is 2.23. The number of piperidine rings is 1. The highest BCUT2D eigenvalue weighted by Gasteiger charge is 2.38. The summed E-state index contributed by atoms with van der Waals surface area (Å²) in [6, 6.07) is 0.536. The van der Waals surface area contributed by atoms with Crippen LogP contribution in [0.5, 0.6) is 0 Å². The Bertz CT molecular complexity index is 210. The van der Waals surface area contributed by atoms with E-state index in [0.717, 1.165) is 19.5 Å². The van der Waals surface area contributed by atoms with Crippen LogP contribution >= 0.6 is 0 Å². The van der Waals surface area contributed by atoms with E-state index < -0.39 is 11.5 Å². The zero-order valence-corrected chi connectivity index (χ0v) is 8.99. The highest BCUT2D eigenvalue weighted by molar-refractivity contribution is 5.78. The number of carboxylic acids is 1. The van der Waals surface area contributed by atoms with Gasteiger partial charge in [-0.15, -0.1) is 0 Å². The number of carboxylic acid groups (broad SMARTS) is 1.